The van der Waals surface area contributed by atoms with Crippen molar-refractivity contribution < 1.29 is 28.2 Å². The molecule has 0 saturated carbocycles. The van der Waals surface area contributed by atoms with Gasteiger partial charge in [0.2, 0.25) is 5.95 Å². The second-order valence-corrected chi connectivity index (χ2v) is 11.4. The summed E-state index contributed by atoms with van der Waals surface area (Å²) in [5, 5.41) is 13.3. The van der Waals surface area contributed by atoms with Crippen LogP contribution in [-0.4, -0.2) is 42.3 Å². The molecule has 0 saturated heterocycles. The number of nitrogens with zero attached hydrogens (tertiary/aromatic N) is 2. The van der Waals surface area contributed by atoms with Gasteiger partial charge in [0.15, 0.2) is 0 Å². The number of benzene rings is 2. The Bertz CT molecular complexity index is 2280. The molecule has 14 heteroatoms. The van der Waals surface area contributed by atoms with E-state index >= 15 is 4.39 Å². The number of H-pyrrole nitrogens is 2. The number of aromatic amines is 2. The standard InChI is InChI=1S/C30H23ClFN5O7/c1-30(2,3)44-29(42)36-28-34-19-10-17(31)13(9-16(19)26(39)35-28)12-37-20-11-18(32)14-6-8-43-24(14)22(20)21(23(37)27(40)41)15-5-4-7-33-25(15)38/h4-11H,12H2,1-3H3,(H,33,38)(H,40,41)(H2,34,35,36,39,42). The van der Waals surface area contributed by atoms with E-state index < -0.39 is 34.6 Å². The lowest BCUT2D eigenvalue weighted by Gasteiger charge is -2.19. The first-order valence-electron chi connectivity index (χ1n) is 13.2. The zero-order valence-electron chi connectivity index (χ0n) is 23.4. The molecule has 4 heterocycles. The summed E-state index contributed by atoms with van der Waals surface area (Å²) < 4.78 is 27.3. The minimum absolute atomic E-state index is 0.0311. The van der Waals surface area contributed by atoms with Gasteiger partial charge in [-0.3, -0.25) is 19.9 Å². The first-order valence-corrected chi connectivity index (χ1v) is 13.6. The number of halogens is 2. The second kappa shape index (κ2) is 10.4. The topological polar surface area (TPSA) is 172 Å². The van der Waals surface area contributed by atoms with Crippen LogP contribution in [-0.2, 0) is 11.3 Å². The van der Waals surface area contributed by atoms with E-state index in [9.17, 15) is 24.3 Å². The molecule has 6 aromatic rings. The van der Waals surface area contributed by atoms with Crippen molar-refractivity contribution in [2.45, 2.75) is 32.9 Å². The largest absolute Gasteiger partial charge is 0.477 e. The number of aromatic nitrogens is 4. The highest BCUT2D eigenvalue weighted by Crippen LogP contribution is 2.40. The van der Waals surface area contributed by atoms with E-state index in [1.54, 1.807) is 26.8 Å². The molecule has 0 unspecified atom stereocenters. The van der Waals surface area contributed by atoms with Crippen molar-refractivity contribution in [1.82, 2.24) is 19.5 Å². The lowest BCUT2D eigenvalue weighted by atomic mass is 10.0. The van der Waals surface area contributed by atoms with Crippen LogP contribution in [0.4, 0.5) is 15.1 Å². The maximum Gasteiger partial charge on any atom is 0.414 e. The van der Waals surface area contributed by atoms with Crippen molar-refractivity contribution in [2.75, 3.05) is 5.32 Å². The van der Waals surface area contributed by atoms with Crippen molar-refractivity contribution in [1.29, 1.82) is 0 Å². The fourth-order valence-electron chi connectivity index (χ4n) is 5.13. The highest BCUT2D eigenvalue weighted by Gasteiger charge is 2.29. The van der Waals surface area contributed by atoms with Gasteiger partial charge in [-0.15, -0.1) is 0 Å². The minimum atomic E-state index is -1.39. The summed E-state index contributed by atoms with van der Waals surface area (Å²) in [6, 6.07) is 8.39. The second-order valence-electron chi connectivity index (χ2n) is 10.9. The molecule has 1 amide bonds. The lowest BCUT2D eigenvalue weighted by Crippen LogP contribution is -2.28. The predicted molar refractivity (Wildman–Crippen MR) is 161 cm³/mol. The van der Waals surface area contributed by atoms with E-state index in [-0.39, 0.29) is 67.1 Å². The average molecular weight is 620 g/mol. The van der Waals surface area contributed by atoms with Crippen LogP contribution in [0.1, 0.15) is 36.8 Å². The number of pyridine rings is 1. The Balaban J connectivity index is 1.54. The summed E-state index contributed by atoms with van der Waals surface area (Å²) in [5.41, 5.74) is -1.58. The number of carbonyl (C=O) groups is 2. The van der Waals surface area contributed by atoms with Gasteiger partial charge >= 0.3 is 12.1 Å². The molecule has 0 radical (unpaired) electrons. The van der Waals surface area contributed by atoms with Gasteiger partial charge in [0.1, 0.15) is 22.7 Å². The van der Waals surface area contributed by atoms with Crippen molar-refractivity contribution in [3.8, 4) is 11.1 Å². The Kier molecular flexibility index (Phi) is 6.77. The lowest BCUT2D eigenvalue weighted by molar-refractivity contribution is 0.0632. The van der Waals surface area contributed by atoms with Crippen molar-refractivity contribution in [2.24, 2.45) is 0 Å². The maximum absolute atomic E-state index is 15.2. The number of carboxylic acids is 1. The van der Waals surface area contributed by atoms with Crippen LogP contribution in [0, 0.1) is 5.82 Å². The molecule has 0 atom stereocenters. The summed E-state index contributed by atoms with van der Waals surface area (Å²) in [6.45, 7) is 4.81. The van der Waals surface area contributed by atoms with Gasteiger partial charge < -0.3 is 23.8 Å². The van der Waals surface area contributed by atoms with Crippen LogP contribution in [0.3, 0.4) is 0 Å². The normalized spacial score (nSPS) is 11.8. The van der Waals surface area contributed by atoms with Crippen LogP contribution in [0.25, 0.3) is 43.9 Å². The average Bonchev–Trinajstić information content (AvgIpc) is 3.52. The van der Waals surface area contributed by atoms with Gasteiger partial charge in [-0.25, -0.2) is 19.0 Å². The molecule has 4 aromatic heterocycles. The molecule has 0 aliphatic heterocycles. The van der Waals surface area contributed by atoms with Gasteiger partial charge in [0.25, 0.3) is 11.1 Å². The molecule has 12 nitrogen and oxygen atoms in total. The third-order valence-corrected chi connectivity index (χ3v) is 7.18. The molecule has 0 bridgehead atoms. The molecular formula is C30H23ClFN5O7. The number of anilines is 1. The van der Waals surface area contributed by atoms with Gasteiger partial charge in [0.05, 0.1) is 39.0 Å². The molecule has 6 rings (SSSR count). The number of nitrogens with one attached hydrogen (secondary N) is 3. The number of aromatic carboxylic acids is 1. The van der Waals surface area contributed by atoms with Gasteiger partial charge in [0, 0.05) is 23.3 Å². The predicted octanol–water partition coefficient (Wildman–Crippen LogP) is 5.87. The Morgan fingerprint density at radius 3 is 2.64 bits per heavy atom. The number of rotatable bonds is 5. The van der Waals surface area contributed by atoms with Crippen LogP contribution < -0.4 is 16.4 Å². The molecule has 0 spiro atoms. The number of fused-ring (bicyclic) bond motifs is 4. The molecule has 2 aromatic carbocycles. The highest BCUT2D eigenvalue weighted by atomic mass is 35.5. The van der Waals surface area contributed by atoms with Crippen molar-refractivity contribution in [3.63, 3.8) is 0 Å². The zero-order chi connectivity index (χ0) is 31.5. The van der Waals surface area contributed by atoms with E-state index in [0.29, 0.717) is 5.56 Å². The van der Waals surface area contributed by atoms with Crippen LogP contribution in [0.15, 0.2) is 62.9 Å². The molecule has 0 aliphatic carbocycles. The molecule has 0 fully saturated rings. The van der Waals surface area contributed by atoms with E-state index in [1.165, 1.54) is 41.3 Å². The molecular weight excluding hydrogens is 597 g/mol. The number of ether oxygens (including phenoxy) is 1. The smallest absolute Gasteiger partial charge is 0.414 e. The summed E-state index contributed by atoms with van der Waals surface area (Å²) in [6.07, 6.45) is 1.85. The Hall–Kier alpha value is -5.43. The van der Waals surface area contributed by atoms with Crippen molar-refractivity contribution >= 4 is 62.4 Å². The number of carbonyl (C=O) groups excluding carboxylic acids is 1. The van der Waals surface area contributed by atoms with Gasteiger partial charge in [-0.1, -0.05) is 11.6 Å². The first kappa shape index (κ1) is 28.7. The van der Waals surface area contributed by atoms with Crippen molar-refractivity contribution in [3.05, 3.63) is 91.7 Å². The van der Waals surface area contributed by atoms with Crippen LogP contribution in [0.5, 0.6) is 0 Å². The van der Waals surface area contributed by atoms with E-state index in [0.717, 1.165) is 6.07 Å². The number of amides is 1. The van der Waals surface area contributed by atoms with Crippen LogP contribution in [0.2, 0.25) is 5.02 Å². The van der Waals surface area contributed by atoms with E-state index in [1.807, 2.05) is 0 Å². The van der Waals surface area contributed by atoms with Crippen LogP contribution >= 0.6 is 11.6 Å². The summed E-state index contributed by atoms with van der Waals surface area (Å²) >= 11 is 6.62. The van der Waals surface area contributed by atoms with Gasteiger partial charge in [-0.2, -0.15) is 0 Å². The number of hydrogen-bond acceptors (Lipinski definition) is 7. The molecule has 4 N–H and O–H groups in total. The van der Waals surface area contributed by atoms with E-state index in [4.69, 9.17) is 20.8 Å². The molecule has 44 heavy (non-hydrogen) atoms. The fraction of sp³-hybridized carbons (Fsp3) is 0.167. The zero-order valence-corrected chi connectivity index (χ0v) is 24.1. The highest BCUT2D eigenvalue weighted by molar-refractivity contribution is 6.32. The molecule has 224 valence electrons. The molecule has 0 aliphatic rings. The monoisotopic (exact) mass is 619 g/mol. The minimum Gasteiger partial charge on any atom is -0.477 e. The summed E-state index contributed by atoms with van der Waals surface area (Å²) in [7, 11) is 0. The quantitative estimate of drug-likeness (QED) is 0.186. The number of furan rings is 1. The Morgan fingerprint density at radius 1 is 1.16 bits per heavy atom. The third-order valence-electron chi connectivity index (χ3n) is 6.83. The Labute approximate surface area is 251 Å². The maximum atomic E-state index is 15.2. The summed E-state index contributed by atoms with van der Waals surface area (Å²) in [4.78, 5) is 60.2. The first-order chi connectivity index (χ1) is 20.8. The third kappa shape index (κ3) is 4.96. The van der Waals surface area contributed by atoms with E-state index in [2.05, 4.69) is 20.3 Å². The SMILES string of the molecule is CC(C)(C)OC(=O)Nc1nc2cc(Cl)c(Cn3c(C(=O)O)c(-c4ccc[nH]c4=O)c4c5occc5c(F)cc43)cc2c(=O)[nH]1. The fourth-order valence-corrected chi connectivity index (χ4v) is 5.35. The van der Waals surface area contributed by atoms with Gasteiger partial charge in [-0.05, 0) is 62.7 Å². The number of carboxylic acid groups (broad SMARTS) is 1. The summed E-state index contributed by atoms with van der Waals surface area (Å²) in [5.74, 6) is -2.23. The Morgan fingerprint density at radius 2 is 1.93 bits per heavy atom. The number of hydrogen-bond donors (Lipinski definition) is 4.